The fraction of sp³-hybridized carbons (Fsp3) is 0.632. The van der Waals surface area contributed by atoms with Crippen LogP contribution in [-0.4, -0.2) is 52.7 Å². The van der Waals surface area contributed by atoms with E-state index < -0.39 is 29.1 Å². The predicted octanol–water partition coefficient (Wildman–Crippen LogP) is 3.40. The SMILES string of the molecule is CCC1CN(C(=O)O)CCC1NC(=O)C(C)(C)COc1ncccc1C(F)(F)F. The van der Waals surface area contributed by atoms with Crippen molar-refractivity contribution < 1.29 is 32.6 Å². The average molecular weight is 417 g/mol. The van der Waals surface area contributed by atoms with Crippen molar-refractivity contribution in [2.45, 2.75) is 45.8 Å². The maximum Gasteiger partial charge on any atom is 0.421 e. The molecule has 1 aromatic heterocycles. The number of ether oxygens (including phenoxy) is 1. The number of carboxylic acid groups (broad SMARTS) is 1. The van der Waals surface area contributed by atoms with Crippen LogP contribution in [-0.2, 0) is 11.0 Å². The molecule has 0 bridgehead atoms. The van der Waals surface area contributed by atoms with E-state index in [1.54, 1.807) is 13.8 Å². The second kappa shape index (κ2) is 8.87. The molecule has 2 N–H and O–H groups in total. The van der Waals surface area contributed by atoms with Crippen LogP contribution in [0.2, 0.25) is 0 Å². The van der Waals surface area contributed by atoms with Crippen molar-refractivity contribution >= 4 is 12.0 Å². The quantitative estimate of drug-likeness (QED) is 0.740. The van der Waals surface area contributed by atoms with E-state index >= 15 is 0 Å². The number of amides is 2. The molecule has 0 radical (unpaired) electrons. The summed E-state index contributed by atoms with van der Waals surface area (Å²) in [6.07, 6.45) is -3.24. The number of piperidine rings is 1. The predicted molar refractivity (Wildman–Crippen MR) is 98.4 cm³/mol. The van der Waals surface area contributed by atoms with Gasteiger partial charge in [0.15, 0.2) is 0 Å². The molecule has 2 heterocycles. The van der Waals surface area contributed by atoms with E-state index in [1.807, 2.05) is 6.92 Å². The van der Waals surface area contributed by atoms with Crippen molar-refractivity contribution in [2.24, 2.45) is 11.3 Å². The van der Waals surface area contributed by atoms with Crippen LogP contribution in [0.5, 0.6) is 5.88 Å². The Bertz CT molecular complexity index is 740. The van der Waals surface area contributed by atoms with Gasteiger partial charge in [-0.3, -0.25) is 4.79 Å². The van der Waals surface area contributed by atoms with Gasteiger partial charge in [0.2, 0.25) is 11.8 Å². The summed E-state index contributed by atoms with van der Waals surface area (Å²) in [4.78, 5) is 28.9. The number of carbonyl (C=O) groups is 2. The number of carbonyl (C=O) groups excluding carboxylic acids is 1. The number of pyridine rings is 1. The Morgan fingerprint density at radius 2 is 2.07 bits per heavy atom. The van der Waals surface area contributed by atoms with Crippen LogP contribution in [0.1, 0.15) is 39.2 Å². The van der Waals surface area contributed by atoms with Crippen molar-refractivity contribution in [3.63, 3.8) is 0 Å². The Morgan fingerprint density at radius 1 is 1.38 bits per heavy atom. The molecule has 2 unspecified atom stereocenters. The number of hydrogen-bond donors (Lipinski definition) is 2. The first-order valence-electron chi connectivity index (χ1n) is 9.39. The molecule has 29 heavy (non-hydrogen) atoms. The third-order valence-corrected chi connectivity index (χ3v) is 5.11. The summed E-state index contributed by atoms with van der Waals surface area (Å²) >= 11 is 0. The first-order valence-corrected chi connectivity index (χ1v) is 9.39. The average Bonchev–Trinajstić information content (AvgIpc) is 2.66. The molecule has 7 nitrogen and oxygen atoms in total. The van der Waals surface area contributed by atoms with Gasteiger partial charge in [-0.15, -0.1) is 0 Å². The molecule has 0 aliphatic carbocycles. The Labute approximate surface area is 167 Å². The molecular formula is C19H26F3N3O4. The van der Waals surface area contributed by atoms with Crippen molar-refractivity contribution in [2.75, 3.05) is 19.7 Å². The van der Waals surface area contributed by atoms with Gasteiger partial charge in [-0.05, 0) is 44.7 Å². The minimum Gasteiger partial charge on any atom is -0.476 e. The highest BCUT2D eigenvalue weighted by Crippen LogP contribution is 2.35. The van der Waals surface area contributed by atoms with Crippen LogP contribution in [0.15, 0.2) is 18.3 Å². The number of aromatic nitrogens is 1. The van der Waals surface area contributed by atoms with Crippen LogP contribution in [0.3, 0.4) is 0 Å². The molecule has 2 amide bonds. The van der Waals surface area contributed by atoms with Gasteiger partial charge in [0.05, 0.1) is 5.41 Å². The summed E-state index contributed by atoms with van der Waals surface area (Å²) in [5.41, 5.74) is -2.11. The third-order valence-electron chi connectivity index (χ3n) is 5.11. The summed E-state index contributed by atoms with van der Waals surface area (Å²) in [5, 5.41) is 12.1. The van der Waals surface area contributed by atoms with Crippen molar-refractivity contribution in [3.05, 3.63) is 23.9 Å². The number of hydrogen-bond acceptors (Lipinski definition) is 4. The number of likely N-dealkylation sites (tertiary alicyclic amines) is 1. The van der Waals surface area contributed by atoms with E-state index in [0.717, 1.165) is 6.07 Å². The molecule has 1 aliphatic heterocycles. The summed E-state index contributed by atoms with van der Waals surface area (Å²) in [6.45, 7) is 5.43. The normalized spacial score (nSPS) is 20.3. The Hall–Kier alpha value is -2.52. The number of halogens is 3. The van der Waals surface area contributed by atoms with Gasteiger partial charge in [0, 0.05) is 25.3 Å². The minimum absolute atomic E-state index is 0.0341. The molecular weight excluding hydrogens is 391 g/mol. The second-order valence-electron chi connectivity index (χ2n) is 7.79. The fourth-order valence-corrected chi connectivity index (χ4v) is 3.21. The maximum atomic E-state index is 13.1. The Kier molecular flexibility index (Phi) is 6.97. The van der Waals surface area contributed by atoms with Crippen LogP contribution in [0, 0.1) is 11.3 Å². The van der Waals surface area contributed by atoms with E-state index in [-0.39, 0.29) is 24.5 Å². The van der Waals surface area contributed by atoms with E-state index in [1.165, 1.54) is 17.2 Å². The molecule has 0 spiro atoms. The van der Waals surface area contributed by atoms with E-state index in [0.29, 0.717) is 25.9 Å². The molecule has 162 valence electrons. The molecule has 2 rings (SSSR count). The molecule has 0 saturated carbocycles. The lowest BCUT2D eigenvalue weighted by Gasteiger charge is -2.38. The number of nitrogens with zero attached hydrogens (tertiary/aromatic N) is 2. The van der Waals surface area contributed by atoms with Gasteiger partial charge in [-0.1, -0.05) is 6.92 Å². The van der Waals surface area contributed by atoms with Crippen molar-refractivity contribution in [1.82, 2.24) is 15.2 Å². The lowest BCUT2D eigenvalue weighted by molar-refractivity contribution is -0.139. The van der Waals surface area contributed by atoms with Gasteiger partial charge >= 0.3 is 12.3 Å². The number of nitrogens with one attached hydrogen (secondary N) is 1. The first-order chi connectivity index (χ1) is 13.5. The molecule has 10 heteroatoms. The van der Waals surface area contributed by atoms with E-state index in [4.69, 9.17) is 9.84 Å². The van der Waals surface area contributed by atoms with Crippen LogP contribution in [0.25, 0.3) is 0 Å². The molecule has 1 saturated heterocycles. The highest BCUT2D eigenvalue weighted by Gasteiger charge is 2.38. The lowest BCUT2D eigenvalue weighted by atomic mass is 9.87. The highest BCUT2D eigenvalue weighted by molar-refractivity contribution is 5.82. The lowest BCUT2D eigenvalue weighted by Crippen LogP contribution is -2.54. The molecule has 0 aromatic carbocycles. The fourth-order valence-electron chi connectivity index (χ4n) is 3.21. The molecule has 1 fully saturated rings. The maximum absolute atomic E-state index is 13.1. The number of alkyl halides is 3. The van der Waals surface area contributed by atoms with Crippen LogP contribution < -0.4 is 10.1 Å². The van der Waals surface area contributed by atoms with Crippen LogP contribution in [0.4, 0.5) is 18.0 Å². The molecule has 1 aliphatic rings. The van der Waals surface area contributed by atoms with Crippen molar-refractivity contribution in [3.8, 4) is 5.88 Å². The summed E-state index contributed by atoms with van der Waals surface area (Å²) < 4.78 is 44.4. The number of rotatable bonds is 6. The standard InChI is InChI=1S/C19H26F3N3O4/c1-4-12-10-25(17(27)28)9-7-14(12)24-16(26)18(2,3)11-29-15-13(19(20,21)22)6-5-8-23-15/h5-6,8,12,14H,4,7,9-11H2,1-3H3,(H,24,26)(H,27,28). The molecule has 1 aromatic rings. The van der Waals surface area contributed by atoms with E-state index in [9.17, 15) is 22.8 Å². The summed E-state index contributed by atoms with van der Waals surface area (Å²) in [6, 6.07) is 1.84. The van der Waals surface area contributed by atoms with Gasteiger partial charge in [-0.25, -0.2) is 9.78 Å². The zero-order valence-corrected chi connectivity index (χ0v) is 16.6. The zero-order chi connectivity index (χ0) is 21.8. The topological polar surface area (TPSA) is 91.8 Å². The van der Waals surface area contributed by atoms with Gasteiger partial charge in [0.1, 0.15) is 12.2 Å². The van der Waals surface area contributed by atoms with Gasteiger partial charge < -0.3 is 20.1 Å². The minimum atomic E-state index is -4.61. The van der Waals surface area contributed by atoms with Gasteiger partial charge in [0.25, 0.3) is 0 Å². The molecule has 2 atom stereocenters. The largest absolute Gasteiger partial charge is 0.476 e. The summed E-state index contributed by atoms with van der Waals surface area (Å²) in [7, 11) is 0. The zero-order valence-electron chi connectivity index (χ0n) is 16.6. The summed E-state index contributed by atoms with van der Waals surface area (Å²) in [5.74, 6) is -0.968. The third kappa shape index (κ3) is 5.74. The van der Waals surface area contributed by atoms with E-state index in [2.05, 4.69) is 10.3 Å². The second-order valence-corrected chi connectivity index (χ2v) is 7.79. The first kappa shape index (κ1) is 22.8. The Morgan fingerprint density at radius 3 is 2.66 bits per heavy atom. The van der Waals surface area contributed by atoms with Crippen LogP contribution >= 0.6 is 0 Å². The Balaban J connectivity index is 2.01. The van der Waals surface area contributed by atoms with Crippen molar-refractivity contribution in [1.29, 1.82) is 0 Å². The monoisotopic (exact) mass is 417 g/mol. The van der Waals surface area contributed by atoms with Gasteiger partial charge in [-0.2, -0.15) is 13.2 Å². The highest BCUT2D eigenvalue weighted by atomic mass is 19.4. The smallest absolute Gasteiger partial charge is 0.421 e.